The molecule has 0 saturated heterocycles. The van der Waals surface area contributed by atoms with Crippen molar-refractivity contribution >= 4 is 16.7 Å². The van der Waals surface area contributed by atoms with Gasteiger partial charge in [0.1, 0.15) is 11.3 Å². The Morgan fingerprint density at radius 2 is 1.85 bits per heavy atom. The van der Waals surface area contributed by atoms with E-state index in [1.807, 2.05) is 48.5 Å². The number of fused-ring (bicyclic) bond motifs is 1. The Morgan fingerprint density at radius 3 is 2.55 bits per heavy atom. The Labute approximate surface area is 117 Å². The van der Waals surface area contributed by atoms with E-state index in [2.05, 4.69) is 18.3 Å². The van der Waals surface area contributed by atoms with E-state index in [0.717, 1.165) is 28.0 Å². The van der Waals surface area contributed by atoms with Crippen LogP contribution in [0.25, 0.3) is 11.0 Å². The van der Waals surface area contributed by atoms with Gasteiger partial charge >= 0.3 is 0 Å². The maximum Gasteiger partial charge on any atom is 0.134 e. The number of benzene rings is 2. The Bertz CT molecular complexity index is 667. The number of nitrogens with one attached hydrogen (secondary N) is 1. The van der Waals surface area contributed by atoms with E-state index in [9.17, 15) is 0 Å². The molecule has 1 unspecified atom stereocenters. The van der Waals surface area contributed by atoms with Gasteiger partial charge in [0.2, 0.25) is 0 Å². The van der Waals surface area contributed by atoms with Gasteiger partial charge in [-0.2, -0.15) is 0 Å². The van der Waals surface area contributed by atoms with Crippen molar-refractivity contribution in [1.29, 1.82) is 0 Å². The van der Waals surface area contributed by atoms with Gasteiger partial charge in [-0.25, -0.2) is 0 Å². The zero-order valence-electron chi connectivity index (χ0n) is 11.3. The van der Waals surface area contributed by atoms with Crippen LogP contribution >= 0.6 is 0 Å². The fourth-order valence-electron chi connectivity index (χ4n) is 2.24. The summed E-state index contributed by atoms with van der Waals surface area (Å²) >= 11 is 0. The van der Waals surface area contributed by atoms with Crippen molar-refractivity contribution in [1.82, 2.24) is 0 Å². The van der Waals surface area contributed by atoms with Crippen LogP contribution in [-0.4, -0.2) is 5.11 Å². The van der Waals surface area contributed by atoms with Gasteiger partial charge in [0.15, 0.2) is 0 Å². The molecule has 2 N–H and O–H groups in total. The number of hydrogen-bond acceptors (Lipinski definition) is 3. The van der Waals surface area contributed by atoms with Gasteiger partial charge in [0.25, 0.3) is 0 Å². The number of anilines is 1. The Hall–Kier alpha value is -2.26. The third-order valence-electron chi connectivity index (χ3n) is 3.39. The lowest BCUT2D eigenvalue weighted by molar-refractivity contribution is 0.282. The minimum Gasteiger partial charge on any atom is -0.459 e. The van der Waals surface area contributed by atoms with Crippen LogP contribution in [0.3, 0.4) is 0 Å². The molecular formula is C17H17NO2. The molecule has 0 saturated carbocycles. The summed E-state index contributed by atoms with van der Waals surface area (Å²) in [5.41, 5.74) is 2.83. The van der Waals surface area contributed by atoms with Crippen molar-refractivity contribution in [2.75, 3.05) is 5.32 Å². The van der Waals surface area contributed by atoms with Gasteiger partial charge in [-0.05, 0) is 36.8 Å². The largest absolute Gasteiger partial charge is 0.459 e. The molecule has 3 nitrogen and oxygen atoms in total. The second kappa shape index (κ2) is 5.39. The number of aliphatic hydroxyl groups is 1. The summed E-state index contributed by atoms with van der Waals surface area (Å²) in [5.74, 6) is 0.914. The number of para-hydroxylation sites is 1. The molecule has 1 heterocycles. The van der Waals surface area contributed by atoms with Gasteiger partial charge < -0.3 is 14.8 Å². The molecule has 3 rings (SSSR count). The lowest BCUT2D eigenvalue weighted by Gasteiger charge is -2.13. The maximum absolute atomic E-state index is 9.03. The fraction of sp³-hybridized carbons (Fsp3) is 0.176. The average Bonchev–Trinajstić information content (AvgIpc) is 2.92. The van der Waals surface area contributed by atoms with Crippen molar-refractivity contribution in [2.45, 2.75) is 19.6 Å². The Balaban J connectivity index is 1.79. The first kappa shape index (κ1) is 12.8. The van der Waals surface area contributed by atoms with Crippen LogP contribution < -0.4 is 5.32 Å². The van der Waals surface area contributed by atoms with Crippen molar-refractivity contribution in [3.05, 3.63) is 65.9 Å². The quantitative estimate of drug-likeness (QED) is 0.748. The first-order valence-electron chi connectivity index (χ1n) is 6.71. The van der Waals surface area contributed by atoms with Gasteiger partial charge in [-0.15, -0.1) is 0 Å². The first-order valence-corrected chi connectivity index (χ1v) is 6.71. The molecule has 0 aliphatic carbocycles. The van der Waals surface area contributed by atoms with Crippen LogP contribution in [0.15, 0.2) is 59.0 Å². The van der Waals surface area contributed by atoms with Gasteiger partial charge in [0.05, 0.1) is 12.6 Å². The molecule has 2 aromatic carbocycles. The highest BCUT2D eigenvalue weighted by molar-refractivity contribution is 5.77. The molecule has 102 valence electrons. The highest BCUT2D eigenvalue weighted by atomic mass is 16.3. The molecule has 1 atom stereocenters. The Kier molecular flexibility index (Phi) is 3.44. The monoisotopic (exact) mass is 267 g/mol. The predicted octanol–water partition coefficient (Wildman–Crippen LogP) is 4.10. The molecule has 0 aliphatic heterocycles. The van der Waals surface area contributed by atoms with Crippen molar-refractivity contribution in [3.63, 3.8) is 0 Å². The number of aliphatic hydroxyl groups excluding tert-OH is 1. The van der Waals surface area contributed by atoms with E-state index in [4.69, 9.17) is 9.52 Å². The molecular weight excluding hydrogens is 250 g/mol. The molecule has 0 aliphatic rings. The van der Waals surface area contributed by atoms with Crippen molar-refractivity contribution in [3.8, 4) is 0 Å². The number of furan rings is 1. The smallest absolute Gasteiger partial charge is 0.134 e. The van der Waals surface area contributed by atoms with Crippen LogP contribution in [0.1, 0.15) is 24.3 Å². The standard InChI is InChI=1S/C17H17NO2/c1-12(18-15-8-6-13(11-19)7-9-15)17-10-14-4-2-3-5-16(14)20-17/h2-10,12,18-19H,11H2,1H3. The van der Waals surface area contributed by atoms with Crippen LogP contribution in [0, 0.1) is 0 Å². The molecule has 0 radical (unpaired) electrons. The van der Waals surface area contributed by atoms with Gasteiger partial charge in [-0.3, -0.25) is 0 Å². The topological polar surface area (TPSA) is 45.4 Å². The third-order valence-corrected chi connectivity index (χ3v) is 3.39. The minimum absolute atomic E-state index is 0.0689. The second-order valence-electron chi connectivity index (χ2n) is 4.91. The second-order valence-corrected chi connectivity index (χ2v) is 4.91. The summed E-state index contributed by atoms with van der Waals surface area (Å²) in [4.78, 5) is 0. The zero-order valence-corrected chi connectivity index (χ0v) is 11.3. The van der Waals surface area contributed by atoms with Gasteiger partial charge in [-0.1, -0.05) is 30.3 Å². The first-order chi connectivity index (χ1) is 9.76. The van der Waals surface area contributed by atoms with E-state index in [1.54, 1.807) is 0 Å². The molecule has 3 heteroatoms. The summed E-state index contributed by atoms with van der Waals surface area (Å²) in [7, 11) is 0. The van der Waals surface area contributed by atoms with Crippen molar-refractivity contribution < 1.29 is 9.52 Å². The molecule has 3 aromatic rings. The van der Waals surface area contributed by atoms with Crippen molar-refractivity contribution in [2.24, 2.45) is 0 Å². The summed E-state index contributed by atoms with van der Waals surface area (Å²) in [6, 6.07) is 17.9. The van der Waals surface area contributed by atoms with E-state index in [0.29, 0.717) is 0 Å². The molecule has 20 heavy (non-hydrogen) atoms. The normalized spacial score (nSPS) is 12.5. The van der Waals surface area contributed by atoms with E-state index >= 15 is 0 Å². The predicted molar refractivity (Wildman–Crippen MR) is 80.6 cm³/mol. The van der Waals surface area contributed by atoms with Gasteiger partial charge in [0, 0.05) is 11.1 Å². The summed E-state index contributed by atoms with van der Waals surface area (Å²) in [6.45, 7) is 2.14. The lowest BCUT2D eigenvalue weighted by Crippen LogP contribution is -2.05. The highest BCUT2D eigenvalue weighted by Gasteiger charge is 2.11. The summed E-state index contributed by atoms with van der Waals surface area (Å²) < 4.78 is 5.84. The van der Waals surface area contributed by atoms with E-state index in [-0.39, 0.29) is 12.6 Å². The Morgan fingerprint density at radius 1 is 1.10 bits per heavy atom. The maximum atomic E-state index is 9.03. The molecule has 0 spiro atoms. The lowest BCUT2D eigenvalue weighted by atomic mass is 10.2. The molecule has 0 fully saturated rings. The summed E-state index contributed by atoms with van der Waals surface area (Å²) in [6.07, 6.45) is 0. The zero-order chi connectivity index (χ0) is 13.9. The highest BCUT2D eigenvalue weighted by Crippen LogP contribution is 2.26. The molecule has 1 aromatic heterocycles. The van der Waals surface area contributed by atoms with Crippen LogP contribution in [0.5, 0.6) is 0 Å². The average molecular weight is 267 g/mol. The van der Waals surface area contributed by atoms with Crippen LogP contribution in [-0.2, 0) is 6.61 Å². The number of rotatable bonds is 4. The van der Waals surface area contributed by atoms with Crippen LogP contribution in [0.2, 0.25) is 0 Å². The van der Waals surface area contributed by atoms with E-state index < -0.39 is 0 Å². The SMILES string of the molecule is CC(Nc1ccc(CO)cc1)c1cc2ccccc2o1. The minimum atomic E-state index is 0.0689. The fourth-order valence-corrected chi connectivity index (χ4v) is 2.24. The van der Waals surface area contributed by atoms with Crippen LogP contribution in [0.4, 0.5) is 5.69 Å². The van der Waals surface area contributed by atoms with E-state index in [1.165, 1.54) is 0 Å². The molecule has 0 amide bonds. The number of hydrogen-bond donors (Lipinski definition) is 2. The summed E-state index contributed by atoms with van der Waals surface area (Å²) in [5, 5.41) is 13.5. The molecule has 0 bridgehead atoms. The third kappa shape index (κ3) is 2.53.